The summed E-state index contributed by atoms with van der Waals surface area (Å²) in [6.07, 6.45) is 26.3. The molecular weight excluding hydrogens is 583 g/mol. The van der Waals surface area contributed by atoms with Crippen LogP contribution in [-0.2, 0) is 44.9 Å². The molecule has 0 fully saturated rings. The van der Waals surface area contributed by atoms with Gasteiger partial charge in [0.2, 0.25) is 0 Å². The molecule has 0 aliphatic heterocycles. The van der Waals surface area contributed by atoms with E-state index in [-0.39, 0.29) is 0 Å². The van der Waals surface area contributed by atoms with Crippen LogP contribution in [0.3, 0.4) is 0 Å². The Hall–Kier alpha value is -1.91. The molecule has 0 atom stereocenters. The quantitative estimate of drug-likeness (QED) is 0.0843. The van der Waals surface area contributed by atoms with Crippen molar-refractivity contribution < 1.29 is 0 Å². The zero-order valence-corrected chi connectivity index (χ0v) is 32.8. The number of benzene rings is 3. The molecule has 0 bridgehead atoms. The zero-order valence-electron chi connectivity index (χ0n) is 31.9. The Labute approximate surface area is 293 Å². The van der Waals surface area contributed by atoms with E-state index in [0.717, 1.165) is 0 Å². The summed E-state index contributed by atoms with van der Waals surface area (Å²) in [5.74, 6) is 0. The fourth-order valence-corrected chi connectivity index (χ4v) is 10.4. The van der Waals surface area contributed by atoms with Gasteiger partial charge in [-0.1, -0.05) is 142 Å². The van der Waals surface area contributed by atoms with Gasteiger partial charge >= 0.3 is 0 Å². The minimum absolute atomic E-state index is 0.677. The van der Waals surface area contributed by atoms with E-state index in [1.165, 1.54) is 135 Å². The van der Waals surface area contributed by atoms with Gasteiger partial charge in [-0.05, 0) is 153 Å². The molecular formula is C46H71P. The van der Waals surface area contributed by atoms with Crippen LogP contribution in [0, 0.1) is 0 Å². The van der Waals surface area contributed by atoms with Gasteiger partial charge in [0, 0.05) is 0 Å². The third-order valence-electron chi connectivity index (χ3n) is 10.2. The number of unbranched alkanes of at least 4 members (excludes halogenated alkanes) is 7. The maximum atomic E-state index is 2.65. The van der Waals surface area contributed by atoms with E-state index in [1.54, 1.807) is 54.9 Å². The van der Waals surface area contributed by atoms with Gasteiger partial charge in [-0.25, -0.2) is 0 Å². The molecule has 0 radical (unpaired) electrons. The van der Waals surface area contributed by atoms with Crippen LogP contribution >= 0.6 is 7.92 Å². The lowest BCUT2D eigenvalue weighted by Gasteiger charge is -2.31. The van der Waals surface area contributed by atoms with Crippen molar-refractivity contribution in [1.29, 1.82) is 0 Å². The van der Waals surface area contributed by atoms with Crippen molar-refractivity contribution in [2.45, 2.75) is 183 Å². The van der Waals surface area contributed by atoms with Crippen LogP contribution in [0.25, 0.3) is 0 Å². The normalized spacial score (nSPS) is 11.6. The van der Waals surface area contributed by atoms with Crippen LogP contribution in [0.5, 0.6) is 0 Å². The van der Waals surface area contributed by atoms with Crippen LogP contribution in [0.4, 0.5) is 0 Å². The number of rotatable bonds is 24. The predicted molar refractivity (Wildman–Crippen MR) is 215 cm³/mol. The van der Waals surface area contributed by atoms with Crippen LogP contribution in [-0.4, -0.2) is 0 Å². The highest BCUT2D eigenvalue weighted by Gasteiger charge is 2.28. The van der Waals surface area contributed by atoms with Crippen molar-refractivity contribution in [3.8, 4) is 0 Å². The Kier molecular flexibility index (Phi) is 19.1. The summed E-state index contributed by atoms with van der Waals surface area (Å²) in [5, 5.41) is 5.04. The molecule has 0 saturated heterocycles. The van der Waals surface area contributed by atoms with Crippen molar-refractivity contribution in [2.75, 3.05) is 0 Å². The third kappa shape index (κ3) is 11.3. The fraction of sp³-hybridized carbons (Fsp3) is 0.609. The highest BCUT2D eigenvalue weighted by Crippen LogP contribution is 2.41. The smallest absolute Gasteiger partial charge is 0.0116 e. The van der Waals surface area contributed by atoms with Crippen molar-refractivity contribution >= 4 is 23.8 Å². The molecule has 0 N–H and O–H groups in total. The lowest BCUT2D eigenvalue weighted by Crippen LogP contribution is -2.30. The lowest BCUT2D eigenvalue weighted by atomic mass is 9.91. The molecule has 0 spiro atoms. The summed E-state index contributed by atoms with van der Waals surface area (Å²) in [5.41, 5.74) is 11.8. The Balaban J connectivity index is 2.47. The van der Waals surface area contributed by atoms with E-state index in [1.807, 2.05) is 0 Å². The molecule has 3 rings (SSSR count). The summed E-state index contributed by atoms with van der Waals surface area (Å²) < 4.78 is 0. The monoisotopic (exact) mass is 655 g/mol. The lowest BCUT2D eigenvalue weighted by molar-refractivity contribution is 0.737. The molecule has 0 aliphatic rings. The fourth-order valence-electron chi connectivity index (χ4n) is 7.38. The second kappa shape index (κ2) is 22.7. The molecule has 0 aromatic heterocycles. The molecule has 0 aliphatic carbocycles. The van der Waals surface area contributed by atoms with Crippen LogP contribution in [0.15, 0.2) is 48.5 Å². The first kappa shape index (κ1) is 39.5. The summed E-state index contributed by atoms with van der Waals surface area (Å²) in [4.78, 5) is 0. The zero-order chi connectivity index (χ0) is 33.9. The van der Waals surface area contributed by atoms with Gasteiger partial charge < -0.3 is 0 Å². The molecule has 260 valence electrons. The standard InChI is InChI=1S/C46H71P/c1-8-15-24-37-27-22-33-44(41(37)30-19-12-5)47(45-34-23-28-38(25-16-9-2)42(45)31-20-13-6)46-36-35-39(26-17-10-3)40(29-18-11-4)43(46)32-21-14-7/h22-23,27-28,33-36H,8-21,24-26,29-32H2,1-7H3. The van der Waals surface area contributed by atoms with Gasteiger partial charge in [0.1, 0.15) is 0 Å². The molecule has 47 heavy (non-hydrogen) atoms. The molecule has 3 aromatic carbocycles. The Morgan fingerprint density at radius 3 is 1.04 bits per heavy atom. The first-order valence-electron chi connectivity index (χ1n) is 20.2. The first-order chi connectivity index (χ1) is 23.1. The molecule has 0 saturated carbocycles. The topological polar surface area (TPSA) is 0 Å². The molecule has 0 nitrogen and oxygen atoms in total. The highest BCUT2D eigenvalue weighted by molar-refractivity contribution is 7.80. The third-order valence-corrected chi connectivity index (χ3v) is 12.9. The highest BCUT2D eigenvalue weighted by atomic mass is 31.1. The minimum Gasteiger partial charge on any atom is -0.0654 e. The van der Waals surface area contributed by atoms with E-state index in [0.29, 0.717) is 0 Å². The van der Waals surface area contributed by atoms with Gasteiger partial charge in [-0.3, -0.25) is 0 Å². The molecule has 1 heteroatoms. The first-order valence-corrected chi connectivity index (χ1v) is 21.6. The maximum Gasteiger partial charge on any atom is -0.0116 e. The molecule has 0 amide bonds. The van der Waals surface area contributed by atoms with Crippen LogP contribution in [0.2, 0.25) is 0 Å². The van der Waals surface area contributed by atoms with Crippen molar-refractivity contribution in [2.24, 2.45) is 0 Å². The van der Waals surface area contributed by atoms with Gasteiger partial charge in [0.05, 0.1) is 0 Å². The van der Waals surface area contributed by atoms with Crippen molar-refractivity contribution in [3.05, 3.63) is 87.5 Å². The van der Waals surface area contributed by atoms with Gasteiger partial charge in [0.15, 0.2) is 0 Å². The van der Waals surface area contributed by atoms with Crippen LogP contribution < -0.4 is 15.9 Å². The van der Waals surface area contributed by atoms with E-state index in [9.17, 15) is 0 Å². The Morgan fingerprint density at radius 2 is 0.638 bits per heavy atom. The van der Waals surface area contributed by atoms with Crippen molar-refractivity contribution in [3.63, 3.8) is 0 Å². The van der Waals surface area contributed by atoms with Gasteiger partial charge in [0.25, 0.3) is 0 Å². The SMILES string of the molecule is CCCCc1cccc(P(c2cccc(CCCC)c2CCCC)c2ccc(CCCC)c(CCCC)c2CCCC)c1CCCC. The summed E-state index contributed by atoms with van der Waals surface area (Å²) >= 11 is 0. The van der Waals surface area contributed by atoms with E-state index in [2.05, 4.69) is 97.0 Å². The second-order valence-electron chi connectivity index (χ2n) is 14.1. The summed E-state index contributed by atoms with van der Waals surface area (Å²) in [6, 6.07) is 20.2. The largest absolute Gasteiger partial charge is 0.0654 e. The predicted octanol–water partition coefficient (Wildman–Crippen LogP) is 12.8. The van der Waals surface area contributed by atoms with Gasteiger partial charge in [-0.15, -0.1) is 0 Å². The van der Waals surface area contributed by atoms with E-state index >= 15 is 0 Å². The Morgan fingerprint density at radius 1 is 0.319 bits per heavy atom. The number of hydrogen-bond acceptors (Lipinski definition) is 0. The number of hydrogen-bond donors (Lipinski definition) is 0. The minimum atomic E-state index is -0.677. The number of aryl methyl sites for hydroxylation is 3. The van der Waals surface area contributed by atoms with Crippen molar-refractivity contribution in [1.82, 2.24) is 0 Å². The Bertz CT molecular complexity index is 1240. The maximum absolute atomic E-state index is 2.65. The van der Waals surface area contributed by atoms with E-state index in [4.69, 9.17) is 0 Å². The van der Waals surface area contributed by atoms with Gasteiger partial charge in [-0.2, -0.15) is 0 Å². The van der Waals surface area contributed by atoms with Crippen LogP contribution in [0.1, 0.15) is 177 Å². The molecule has 0 heterocycles. The average molecular weight is 655 g/mol. The van der Waals surface area contributed by atoms with E-state index < -0.39 is 7.92 Å². The molecule has 3 aromatic rings. The molecule has 0 unspecified atom stereocenters. The average Bonchev–Trinajstić information content (AvgIpc) is 3.10. The summed E-state index contributed by atoms with van der Waals surface area (Å²) in [6.45, 7) is 16.5. The summed E-state index contributed by atoms with van der Waals surface area (Å²) in [7, 11) is -0.677. The second-order valence-corrected chi connectivity index (χ2v) is 16.2.